The van der Waals surface area contributed by atoms with Crippen LogP contribution in [0.25, 0.3) is 0 Å². The maximum absolute atomic E-state index is 13.2. The molecule has 56 heavy (non-hydrogen) atoms. The number of halogens is 9. The molecule has 0 spiro atoms. The van der Waals surface area contributed by atoms with Crippen molar-refractivity contribution in [3.05, 3.63) is 0 Å². The van der Waals surface area contributed by atoms with E-state index in [-0.39, 0.29) is 106 Å². The lowest BCUT2D eigenvalue weighted by Gasteiger charge is -2.35. The molecule has 0 bridgehead atoms. The third-order valence-electron chi connectivity index (χ3n) is 6.64. The molecule has 0 unspecified atom stereocenters. The van der Waals surface area contributed by atoms with E-state index in [0.29, 0.717) is 4.90 Å². The number of nitrogens with zero attached hydrogens (tertiary/aromatic N) is 1. The van der Waals surface area contributed by atoms with Crippen molar-refractivity contribution in [2.24, 2.45) is 5.41 Å². The van der Waals surface area contributed by atoms with Crippen molar-refractivity contribution in [3.8, 4) is 0 Å². The molecule has 0 saturated heterocycles. The first kappa shape index (κ1) is 53.3. The lowest BCUT2D eigenvalue weighted by Crippen LogP contribution is -2.48. The van der Waals surface area contributed by atoms with Crippen LogP contribution in [-0.2, 0) is 57.3 Å². The Morgan fingerprint density at radius 2 is 0.768 bits per heavy atom. The van der Waals surface area contributed by atoms with Gasteiger partial charge in [0.15, 0.2) is 0 Å². The van der Waals surface area contributed by atoms with Crippen molar-refractivity contribution in [1.29, 1.82) is 0 Å². The molecular weight excluding hydrogens is 797 g/mol. The second kappa shape index (κ2) is 30.4. The summed E-state index contributed by atoms with van der Waals surface area (Å²) in [6, 6.07) is 0. The Hall–Kier alpha value is -2.66. The molecule has 0 aromatic carbocycles. The summed E-state index contributed by atoms with van der Waals surface area (Å²) >= 11 is 0. The van der Waals surface area contributed by atoms with Crippen molar-refractivity contribution in [2.45, 2.75) is 37.8 Å². The zero-order valence-electron chi connectivity index (χ0n) is 30.4. The molecule has 0 atom stereocenters. The number of hydrogen-bond acceptors (Lipinski definition) is 14. The average molecular weight is 848 g/mol. The second-order valence-corrected chi connectivity index (χ2v) is 11.7. The number of alkyl halides is 9. The Morgan fingerprint density at radius 1 is 0.464 bits per heavy atom. The number of hydrogen-bond donors (Lipinski definition) is 4. The van der Waals surface area contributed by atoms with Crippen molar-refractivity contribution in [3.63, 3.8) is 0 Å². The number of amides is 3. The third kappa shape index (κ3) is 33.5. The standard InChI is InChI=1S/C30H50F9N3O14/c31-28(32,33)20-27(21-29(34,35)36,22-30(37,38)39)23-54-19-26(45)42(17-24(43)40-1-3-48-5-7-50-9-11-52-13-15-55-46)18-25(44)41-2-4-49-6-8-51-10-12-53-14-16-56-47/h46-47H,1-23H2,(H,40,43)(H,41,44). The molecular formula is C30H50F9N3O14. The molecule has 0 aliphatic heterocycles. The topological polar surface area (TPSA) is 202 Å². The molecule has 0 aromatic heterocycles. The van der Waals surface area contributed by atoms with Gasteiger partial charge >= 0.3 is 18.5 Å². The Bertz CT molecular complexity index is 962. The smallest absolute Gasteiger partial charge is 0.377 e. The van der Waals surface area contributed by atoms with Crippen LogP contribution >= 0.6 is 0 Å². The highest BCUT2D eigenvalue weighted by molar-refractivity contribution is 5.89. The number of carbonyl (C=O) groups is 3. The van der Waals surface area contributed by atoms with Gasteiger partial charge in [0.1, 0.15) is 32.9 Å². The highest BCUT2D eigenvalue weighted by Crippen LogP contribution is 2.48. The fourth-order valence-electron chi connectivity index (χ4n) is 4.55. The summed E-state index contributed by atoms with van der Waals surface area (Å²) in [7, 11) is 0. The van der Waals surface area contributed by atoms with Crippen LogP contribution in [0.15, 0.2) is 0 Å². The Labute approximate surface area is 316 Å². The first-order chi connectivity index (χ1) is 26.3. The number of rotatable bonds is 35. The van der Waals surface area contributed by atoms with Gasteiger partial charge in [-0.05, 0) is 0 Å². The van der Waals surface area contributed by atoms with Gasteiger partial charge in [0.25, 0.3) is 0 Å². The highest BCUT2D eigenvalue weighted by Gasteiger charge is 2.54. The molecule has 4 N–H and O–H groups in total. The zero-order chi connectivity index (χ0) is 42.4. The molecule has 0 radical (unpaired) electrons. The van der Waals surface area contributed by atoms with Crippen LogP contribution in [0, 0.1) is 5.41 Å². The predicted molar refractivity (Wildman–Crippen MR) is 170 cm³/mol. The minimum atomic E-state index is -5.47. The van der Waals surface area contributed by atoms with Gasteiger partial charge in [0, 0.05) is 18.5 Å². The summed E-state index contributed by atoms with van der Waals surface area (Å²) in [6.07, 6.45) is -24.0. The molecule has 0 aromatic rings. The summed E-state index contributed by atoms with van der Waals surface area (Å²) in [5.41, 5.74) is -3.57. The second-order valence-electron chi connectivity index (χ2n) is 11.7. The van der Waals surface area contributed by atoms with Gasteiger partial charge in [0.2, 0.25) is 17.7 Å². The molecule has 0 saturated carbocycles. The lowest BCUT2D eigenvalue weighted by atomic mass is 9.78. The van der Waals surface area contributed by atoms with E-state index in [1.54, 1.807) is 0 Å². The molecule has 0 fully saturated rings. The molecule has 26 heteroatoms. The Morgan fingerprint density at radius 3 is 1.07 bits per heavy atom. The van der Waals surface area contributed by atoms with Crippen LogP contribution in [0.2, 0.25) is 0 Å². The van der Waals surface area contributed by atoms with Crippen molar-refractivity contribution in [2.75, 3.05) is 132 Å². The van der Waals surface area contributed by atoms with Crippen LogP contribution < -0.4 is 10.6 Å². The Kier molecular flexibility index (Phi) is 29.0. The van der Waals surface area contributed by atoms with Gasteiger partial charge in [-0.1, -0.05) is 0 Å². The molecule has 3 amide bonds. The maximum atomic E-state index is 13.2. The number of nitrogens with one attached hydrogen (secondary N) is 2. The van der Waals surface area contributed by atoms with Crippen molar-refractivity contribution >= 4 is 17.7 Å². The Balaban J connectivity index is 5.21. The van der Waals surface area contributed by atoms with Gasteiger partial charge < -0.3 is 48.7 Å². The minimum absolute atomic E-state index is 0.0132. The first-order valence-electron chi connectivity index (χ1n) is 16.9. The number of ether oxygens (including phenoxy) is 7. The van der Waals surface area contributed by atoms with E-state index in [1.807, 2.05) is 0 Å². The summed E-state index contributed by atoms with van der Waals surface area (Å²) in [5.74, 6) is -3.07. The summed E-state index contributed by atoms with van der Waals surface area (Å²) in [5, 5.41) is 21.1. The minimum Gasteiger partial charge on any atom is -0.377 e. The van der Waals surface area contributed by atoms with Crippen molar-refractivity contribution in [1.82, 2.24) is 15.5 Å². The monoisotopic (exact) mass is 847 g/mol. The van der Waals surface area contributed by atoms with E-state index < -0.39 is 87.2 Å². The summed E-state index contributed by atoms with van der Waals surface area (Å²) < 4.78 is 155. The largest absolute Gasteiger partial charge is 0.389 e. The molecule has 0 rings (SSSR count). The van der Waals surface area contributed by atoms with Crippen LogP contribution in [0.5, 0.6) is 0 Å². The molecule has 17 nitrogen and oxygen atoms in total. The fourth-order valence-corrected chi connectivity index (χ4v) is 4.55. The summed E-state index contributed by atoms with van der Waals surface area (Å²) in [6.45, 7) is -3.58. The van der Waals surface area contributed by atoms with Crippen LogP contribution in [0.4, 0.5) is 39.5 Å². The van der Waals surface area contributed by atoms with E-state index in [2.05, 4.69) is 20.4 Å². The van der Waals surface area contributed by atoms with Crippen LogP contribution in [0.1, 0.15) is 19.3 Å². The van der Waals surface area contributed by atoms with Gasteiger partial charge in [-0.3, -0.25) is 24.9 Å². The SMILES string of the molecule is O=C(CN(CC(=O)NCCOCCOCCOCCOO)C(=O)COCC(CC(F)(F)F)(CC(F)(F)F)CC(F)(F)F)NCCOCCOCCOCCOO. The van der Waals surface area contributed by atoms with Gasteiger partial charge in [-0.25, -0.2) is 9.78 Å². The first-order valence-corrected chi connectivity index (χ1v) is 16.9. The maximum Gasteiger partial charge on any atom is 0.389 e. The van der Waals surface area contributed by atoms with Crippen LogP contribution in [-0.4, -0.2) is 184 Å². The van der Waals surface area contributed by atoms with E-state index in [4.69, 9.17) is 43.7 Å². The average Bonchev–Trinajstić information content (AvgIpc) is 3.06. The normalized spacial score (nSPS) is 12.6. The molecule has 0 aliphatic rings. The van der Waals surface area contributed by atoms with E-state index in [1.165, 1.54) is 0 Å². The van der Waals surface area contributed by atoms with Gasteiger partial charge in [-0.15, -0.1) is 0 Å². The van der Waals surface area contributed by atoms with E-state index >= 15 is 0 Å². The lowest BCUT2D eigenvalue weighted by molar-refractivity contribution is -0.249. The van der Waals surface area contributed by atoms with E-state index in [0.717, 1.165) is 0 Å². The predicted octanol–water partition coefficient (Wildman–Crippen LogP) is 1.99. The molecule has 0 aliphatic carbocycles. The van der Waals surface area contributed by atoms with Crippen molar-refractivity contribution < 1.29 is 107 Å². The van der Waals surface area contributed by atoms with E-state index in [9.17, 15) is 53.9 Å². The quantitative estimate of drug-likeness (QED) is 0.0312. The summed E-state index contributed by atoms with van der Waals surface area (Å²) in [4.78, 5) is 46.3. The molecule has 0 heterocycles. The number of carbonyl (C=O) groups excluding carboxylic acids is 3. The van der Waals surface area contributed by atoms with Crippen LogP contribution in [0.3, 0.4) is 0 Å². The zero-order valence-corrected chi connectivity index (χ0v) is 30.4. The van der Waals surface area contributed by atoms with Gasteiger partial charge in [0.05, 0.1) is 105 Å². The fraction of sp³-hybridized carbons (Fsp3) is 0.900. The molecule has 332 valence electrons. The van der Waals surface area contributed by atoms with Gasteiger partial charge in [-0.2, -0.15) is 39.5 Å². The highest BCUT2D eigenvalue weighted by atomic mass is 19.4. The third-order valence-corrected chi connectivity index (χ3v) is 6.64.